The smallest absolute Gasteiger partial charge is 0.125 e. The minimum atomic E-state index is 1.03. The normalized spacial score (nSPS) is 9.79. The number of hydrogen-bond donors (Lipinski definition) is 0. The molecule has 1 aromatic rings. The summed E-state index contributed by atoms with van der Waals surface area (Å²) in [4.78, 5) is 10.4. The zero-order chi connectivity index (χ0) is 10.9. The van der Waals surface area contributed by atoms with Crippen LogP contribution in [0.1, 0.15) is 33.4 Å². The summed E-state index contributed by atoms with van der Waals surface area (Å²) < 4.78 is 0. The molecule has 1 heteroatoms. The summed E-state index contributed by atoms with van der Waals surface area (Å²) in [5, 5.41) is 0. The molecule has 0 aliphatic rings. The summed E-state index contributed by atoms with van der Waals surface area (Å²) in [5.74, 6) is 1.86. The molecule has 0 saturated carbocycles. The molecule has 0 saturated heterocycles. The zero-order valence-corrected chi connectivity index (χ0v) is 9.49. The maximum atomic E-state index is 10.4. The summed E-state index contributed by atoms with van der Waals surface area (Å²) in [6.45, 7) is 10.4. The maximum absolute atomic E-state index is 10.4. The average Bonchev–Trinajstić information content (AvgIpc) is 2.19. The molecule has 0 atom stereocenters. The number of rotatable bonds is 1. The van der Waals surface area contributed by atoms with Crippen LogP contribution in [0, 0.1) is 34.6 Å². The van der Waals surface area contributed by atoms with E-state index in [0.717, 1.165) is 5.56 Å². The van der Waals surface area contributed by atoms with E-state index in [9.17, 15) is 4.79 Å². The molecular weight excluding hydrogens is 172 g/mol. The van der Waals surface area contributed by atoms with Crippen LogP contribution in [0.15, 0.2) is 0 Å². The Morgan fingerprint density at radius 1 is 0.786 bits per heavy atom. The predicted molar refractivity (Wildman–Crippen MR) is 60.3 cm³/mol. The molecule has 0 bridgehead atoms. The van der Waals surface area contributed by atoms with Crippen LogP contribution in [0.25, 0.3) is 6.08 Å². The van der Waals surface area contributed by atoms with Gasteiger partial charge in [0.2, 0.25) is 0 Å². The lowest BCUT2D eigenvalue weighted by Gasteiger charge is -2.15. The molecule has 0 aliphatic carbocycles. The summed E-state index contributed by atoms with van der Waals surface area (Å²) in [5.41, 5.74) is 7.27. The van der Waals surface area contributed by atoms with Crippen molar-refractivity contribution in [1.82, 2.24) is 0 Å². The van der Waals surface area contributed by atoms with Crippen LogP contribution < -0.4 is 0 Å². The third-order valence-electron chi connectivity index (χ3n) is 3.26. The minimum Gasteiger partial charge on any atom is -0.233 e. The third kappa shape index (κ3) is 1.51. The average molecular weight is 188 g/mol. The molecule has 74 valence electrons. The lowest BCUT2D eigenvalue weighted by molar-refractivity contribution is 0.570. The first-order valence-corrected chi connectivity index (χ1v) is 4.78. The first kappa shape index (κ1) is 10.7. The quantitative estimate of drug-likeness (QED) is 0.619. The Balaban J connectivity index is 3.67. The Hall–Kier alpha value is -1.33. The van der Waals surface area contributed by atoms with Crippen molar-refractivity contribution in [2.75, 3.05) is 0 Å². The Morgan fingerprint density at radius 2 is 1.14 bits per heavy atom. The van der Waals surface area contributed by atoms with Crippen LogP contribution in [0.2, 0.25) is 0 Å². The van der Waals surface area contributed by atoms with E-state index >= 15 is 0 Å². The maximum Gasteiger partial charge on any atom is 0.125 e. The highest BCUT2D eigenvalue weighted by Gasteiger charge is 2.09. The molecule has 0 N–H and O–H groups in total. The van der Waals surface area contributed by atoms with E-state index < -0.39 is 0 Å². The highest BCUT2D eigenvalue weighted by Crippen LogP contribution is 2.26. The van der Waals surface area contributed by atoms with Gasteiger partial charge in [-0.05, 0) is 68.0 Å². The number of carbonyl (C=O) groups excluding carboxylic acids is 1. The van der Waals surface area contributed by atoms with Crippen molar-refractivity contribution in [2.24, 2.45) is 0 Å². The van der Waals surface area contributed by atoms with Gasteiger partial charge in [0, 0.05) is 6.08 Å². The van der Waals surface area contributed by atoms with Crippen molar-refractivity contribution in [2.45, 2.75) is 34.6 Å². The second-order valence-corrected chi connectivity index (χ2v) is 3.80. The lowest BCUT2D eigenvalue weighted by Crippen LogP contribution is -1.99. The number of hydrogen-bond acceptors (Lipinski definition) is 1. The fourth-order valence-electron chi connectivity index (χ4n) is 1.80. The van der Waals surface area contributed by atoms with Crippen molar-refractivity contribution in [3.63, 3.8) is 0 Å². The third-order valence-corrected chi connectivity index (χ3v) is 3.26. The van der Waals surface area contributed by atoms with Crippen LogP contribution >= 0.6 is 0 Å². The summed E-state index contributed by atoms with van der Waals surface area (Å²) in [7, 11) is 0. The standard InChI is InChI=1S/C13H16O/c1-8-9(2)11(4)13(6-7-14)12(5)10(8)3/h6H,1-5H3. The Bertz CT molecular complexity index is 392. The van der Waals surface area contributed by atoms with E-state index in [-0.39, 0.29) is 0 Å². The van der Waals surface area contributed by atoms with Gasteiger partial charge in [-0.1, -0.05) is 0 Å². The van der Waals surface area contributed by atoms with Crippen LogP contribution in [-0.2, 0) is 4.79 Å². The summed E-state index contributed by atoms with van der Waals surface area (Å²) in [6, 6.07) is 0. The monoisotopic (exact) mass is 188 g/mol. The van der Waals surface area contributed by atoms with Gasteiger partial charge < -0.3 is 0 Å². The largest absolute Gasteiger partial charge is 0.233 e. The SMILES string of the molecule is Cc1c(C)c(C)c(C=C=O)c(C)c1C. The first-order chi connectivity index (χ1) is 6.50. The van der Waals surface area contributed by atoms with Crippen LogP contribution in [-0.4, -0.2) is 5.94 Å². The van der Waals surface area contributed by atoms with E-state index in [2.05, 4.69) is 34.6 Å². The second kappa shape index (κ2) is 3.81. The van der Waals surface area contributed by atoms with Gasteiger partial charge in [-0.2, -0.15) is 0 Å². The fraction of sp³-hybridized carbons (Fsp3) is 0.385. The van der Waals surface area contributed by atoms with Gasteiger partial charge in [0.15, 0.2) is 0 Å². The highest BCUT2D eigenvalue weighted by molar-refractivity contribution is 5.79. The van der Waals surface area contributed by atoms with Crippen molar-refractivity contribution in [1.29, 1.82) is 0 Å². The van der Waals surface area contributed by atoms with Crippen LogP contribution in [0.4, 0.5) is 0 Å². The number of benzene rings is 1. The van der Waals surface area contributed by atoms with E-state index in [1.807, 2.05) is 5.94 Å². The molecule has 0 amide bonds. The van der Waals surface area contributed by atoms with Gasteiger partial charge in [-0.25, -0.2) is 4.79 Å². The molecule has 0 fully saturated rings. The predicted octanol–water partition coefficient (Wildman–Crippen LogP) is 3.07. The van der Waals surface area contributed by atoms with Gasteiger partial charge in [0.1, 0.15) is 5.94 Å². The topological polar surface area (TPSA) is 17.1 Å². The summed E-state index contributed by atoms with van der Waals surface area (Å²) in [6.07, 6.45) is 1.53. The molecule has 1 aromatic carbocycles. The Kier molecular flexibility index (Phi) is 2.93. The lowest BCUT2D eigenvalue weighted by atomic mass is 9.90. The van der Waals surface area contributed by atoms with Crippen LogP contribution in [0.3, 0.4) is 0 Å². The van der Waals surface area contributed by atoms with Crippen molar-refractivity contribution in [3.8, 4) is 0 Å². The second-order valence-electron chi connectivity index (χ2n) is 3.80. The van der Waals surface area contributed by atoms with Crippen molar-refractivity contribution in [3.05, 3.63) is 33.4 Å². The molecular formula is C13H16O. The van der Waals surface area contributed by atoms with Gasteiger partial charge in [-0.3, -0.25) is 0 Å². The van der Waals surface area contributed by atoms with E-state index in [4.69, 9.17) is 0 Å². The Morgan fingerprint density at radius 3 is 1.50 bits per heavy atom. The molecule has 1 nitrogen and oxygen atoms in total. The molecule has 0 radical (unpaired) electrons. The summed E-state index contributed by atoms with van der Waals surface area (Å²) >= 11 is 0. The van der Waals surface area contributed by atoms with E-state index in [0.29, 0.717) is 0 Å². The van der Waals surface area contributed by atoms with Gasteiger partial charge >= 0.3 is 0 Å². The van der Waals surface area contributed by atoms with Crippen LogP contribution in [0.5, 0.6) is 0 Å². The Labute approximate surface area is 85.5 Å². The zero-order valence-electron chi connectivity index (χ0n) is 9.49. The highest BCUT2D eigenvalue weighted by atomic mass is 16.1. The van der Waals surface area contributed by atoms with E-state index in [1.165, 1.54) is 33.9 Å². The van der Waals surface area contributed by atoms with Gasteiger partial charge in [0.25, 0.3) is 0 Å². The molecule has 0 aromatic heterocycles. The fourth-order valence-corrected chi connectivity index (χ4v) is 1.80. The van der Waals surface area contributed by atoms with Crippen molar-refractivity contribution < 1.29 is 4.79 Å². The molecule has 14 heavy (non-hydrogen) atoms. The van der Waals surface area contributed by atoms with Gasteiger partial charge in [0.05, 0.1) is 0 Å². The van der Waals surface area contributed by atoms with Crippen molar-refractivity contribution >= 4 is 12.0 Å². The molecule has 1 rings (SSSR count). The molecule has 0 heterocycles. The van der Waals surface area contributed by atoms with Gasteiger partial charge in [-0.15, -0.1) is 0 Å². The minimum absolute atomic E-state index is 1.03. The van der Waals surface area contributed by atoms with E-state index in [1.54, 1.807) is 0 Å². The molecule has 0 aliphatic heterocycles. The first-order valence-electron chi connectivity index (χ1n) is 4.78. The molecule has 0 unspecified atom stereocenters. The molecule has 0 spiro atoms.